The van der Waals surface area contributed by atoms with Gasteiger partial charge in [0.2, 0.25) is 0 Å². The molecule has 4 nitrogen and oxygen atoms in total. The molecule has 2 aromatic heterocycles. The number of hydrogen-bond donors (Lipinski definition) is 2. The summed E-state index contributed by atoms with van der Waals surface area (Å²) in [5.74, 6) is 0. The number of aliphatic hydroxyl groups excluding tert-OH is 1. The number of aliphatic hydroxyl groups is 1. The molecule has 0 aliphatic carbocycles. The van der Waals surface area contributed by atoms with Gasteiger partial charge >= 0.3 is 0 Å². The fourth-order valence-electron chi connectivity index (χ4n) is 1.71. The quantitative estimate of drug-likeness (QED) is 0.801. The third-order valence-electron chi connectivity index (χ3n) is 2.46. The zero-order chi connectivity index (χ0) is 10.7. The minimum absolute atomic E-state index is 0.136. The monoisotopic (exact) mass is 206 g/mol. The second-order valence-electron chi connectivity index (χ2n) is 3.37. The molecule has 4 heteroatoms. The van der Waals surface area contributed by atoms with Gasteiger partial charge < -0.3 is 9.52 Å². The highest BCUT2D eigenvalue weighted by atomic mass is 16.3. The number of rotatable bonds is 4. The molecule has 80 valence electrons. The highest BCUT2D eigenvalue weighted by Crippen LogP contribution is 2.24. The molecule has 0 spiro atoms. The average molecular weight is 206 g/mol. The van der Waals surface area contributed by atoms with Crippen molar-refractivity contribution in [3.63, 3.8) is 0 Å². The molecule has 0 aromatic carbocycles. The molecule has 0 bridgehead atoms. The van der Waals surface area contributed by atoms with Crippen molar-refractivity contribution in [1.82, 2.24) is 10.2 Å². The fourth-order valence-corrected chi connectivity index (χ4v) is 1.71. The molecule has 0 aliphatic heterocycles. The van der Waals surface area contributed by atoms with E-state index in [2.05, 4.69) is 17.1 Å². The van der Waals surface area contributed by atoms with Crippen molar-refractivity contribution in [2.45, 2.75) is 19.8 Å². The van der Waals surface area contributed by atoms with Gasteiger partial charge in [0, 0.05) is 23.4 Å². The van der Waals surface area contributed by atoms with Gasteiger partial charge in [-0.15, -0.1) is 0 Å². The highest BCUT2D eigenvalue weighted by molar-refractivity contribution is 5.62. The SMILES string of the molecule is CCc1[nH]nc(-c2ccoc2)c1CCO. The number of H-pyrrole nitrogens is 1. The summed E-state index contributed by atoms with van der Waals surface area (Å²) < 4.78 is 5.03. The topological polar surface area (TPSA) is 62.0 Å². The molecule has 2 aromatic rings. The van der Waals surface area contributed by atoms with E-state index in [1.165, 1.54) is 0 Å². The summed E-state index contributed by atoms with van der Waals surface area (Å²) in [5.41, 5.74) is 4.01. The van der Waals surface area contributed by atoms with Gasteiger partial charge in [0.25, 0.3) is 0 Å². The lowest BCUT2D eigenvalue weighted by Gasteiger charge is -2.00. The van der Waals surface area contributed by atoms with Gasteiger partial charge in [-0.3, -0.25) is 5.10 Å². The van der Waals surface area contributed by atoms with Gasteiger partial charge in [0.15, 0.2) is 0 Å². The Balaban J connectivity index is 2.43. The van der Waals surface area contributed by atoms with E-state index in [4.69, 9.17) is 9.52 Å². The molecule has 0 aliphatic rings. The maximum absolute atomic E-state index is 9.01. The molecular formula is C11H14N2O2. The van der Waals surface area contributed by atoms with Crippen LogP contribution < -0.4 is 0 Å². The zero-order valence-electron chi connectivity index (χ0n) is 8.66. The Hall–Kier alpha value is -1.55. The summed E-state index contributed by atoms with van der Waals surface area (Å²) in [5, 5.41) is 16.3. The van der Waals surface area contributed by atoms with Crippen LogP contribution in [0.1, 0.15) is 18.2 Å². The molecule has 0 fully saturated rings. The number of furan rings is 1. The van der Waals surface area contributed by atoms with Gasteiger partial charge in [0.05, 0.1) is 18.2 Å². The molecule has 0 amide bonds. The first-order valence-corrected chi connectivity index (χ1v) is 5.06. The maximum Gasteiger partial charge on any atom is 0.0997 e. The number of hydrogen-bond acceptors (Lipinski definition) is 3. The van der Waals surface area contributed by atoms with Crippen molar-refractivity contribution in [2.75, 3.05) is 6.61 Å². The predicted molar refractivity (Wildman–Crippen MR) is 56.5 cm³/mol. The summed E-state index contributed by atoms with van der Waals surface area (Å²) in [6.45, 7) is 2.20. The first-order chi connectivity index (χ1) is 7.36. The molecule has 0 unspecified atom stereocenters. The van der Waals surface area contributed by atoms with Crippen LogP contribution in [0.2, 0.25) is 0 Å². The van der Waals surface area contributed by atoms with Crippen LogP contribution in [-0.2, 0) is 12.8 Å². The van der Waals surface area contributed by atoms with Crippen LogP contribution in [0.4, 0.5) is 0 Å². The Morgan fingerprint density at radius 2 is 2.40 bits per heavy atom. The second-order valence-corrected chi connectivity index (χ2v) is 3.37. The van der Waals surface area contributed by atoms with Crippen LogP contribution in [0.15, 0.2) is 23.0 Å². The van der Waals surface area contributed by atoms with Crippen LogP contribution >= 0.6 is 0 Å². The Bertz CT molecular complexity index is 418. The summed E-state index contributed by atoms with van der Waals surface area (Å²) in [7, 11) is 0. The standard InChI is InChI=1S/C11H14N2O2/c1-2-10-9(3-5-14)11(13-12-10)8-4-6-15-7-8/h4,6-7,14H,2-3,5H2,1H3,(H,12,13). The van der Waals surface area contributed by atoms with Crippen molar-refractivity contribution >= 4 is 0 Å². The molecular weight excluding hydrogens is 192 g/mol. The van der Waals surface area contributed by atoms with Crippen LogP contribution in [0.5, 0.6) is 0 Å². The number of aromatic amines is 1. The molecule has 2 N–H and O–H groups in total. The van der Waals surface area contributed by atoms with Gasteiger partial charge in [-0.25, -0.2) is 0 Å². The first-order valence-electron chi connectivity index (χ1n) is 5.06. The summed E-state index contributed by atoms with van der Waals surface area (Å²) in [6.07, 6.45) is 4.80. The predicted octanol–water partition coefficient (Wildman–Crippen LogP) is 1.77. The Labute approximate surface area is 87.9 Å². The summed E-state index contributed by atoms with van der Waals surface area (Å²) >= 11 is 0. The average Bonchev–Trinajstić information content (AvgIpc) is 2.85. The lowest BCUT2D eigenvalue weighted by molar-refractivity contribution is 0.299. The third-order valence-corrected chi connectivity index (χ3v) is 2.46. The number of aryl methyl sites for hydroxylation is 1. The largest absolute Gasteiger partial charge is 0.472 e. The van der Waals surface area contributed by atoms with Crippen molar-refractivity contribution in [3.8, 4) is 11.3 Å². The van der Waals surface area contributed by atoms with E-state index in [1.54, 1.807) is 12.5 Å². The van der Waals surface area contributed by atoms with E-state index in [-0.39, 0.29) is 6.61 Å². The van der Waals surface area contributed by atoms with E-state index < -0.39 is 0 Å². The van der Waals surface area contributed by atoms with E-state index >= 15 is 0 Å². The summed E-state index contributed by atoms with van der Waals surface area (Å²) in [6, 6.07) is 1.87. The van der Waals surface area contributed by atoms with E-state index in [1.807, 2.05) is 6.07 Å². The van der Waals surface area contributed by atoms with Crippen molar-refractivity contribution in [1.29, 1.82) is 0 Å². The Morgan fingerprint density at radius 1 is 1.53 bits per heavy atom. The minimum atomic E-state index is 0.136. The molecule has 0 radical (unpaired) electrons. The normalized spacial score (nSPS) is 10.8. The molecule has 0 saturated heterocycles. The molecule has 0 atom stereocenters. The molecule has 2 heterocycles. The van der Waals surface area contributed by atoms with Gasteiger partial charge in [-0.1, -0.05) is 6.92 Å². The minimum Gasteiger partial charge on any atom is -0.472 e. The Kier molecular flexibility index (Phi) is 2.87. The van der Waals surface area contributed by atoms with Crippen LogP contribution in [-0.4, -0.2) is 21.9 Å². The van der Waals surface area contributed by atoms with Crippen LogP contribution in [0.3, 0.4) is 0 Å². The van der Waals surface area contributed by atoms with Crippen molar-refractivity contribution in [3.05, 3.63) is 29.9 Å². The van der Waals surface area contributed by atoms with Crippen molar-refractivity contribution in [2.24, 2.45) is 0 Å². The van der Waals surface area contributed by atoms with Gasteiger partial charge in [0.1, 0.15) is 0 Å². The third kappa shape index (κ3) is 1.80. The molecule has 2 rings (SSSR count). The summed E-state index contributed by atoms with van der Waals surface area (Å²) in [4.78, 5) is 0. The van der Waals surface area contributed by atoms with E-state index in [0.717, 1.165) is 28.9 Å². The highest BCUT2D eigenvalue weighted by Gasteiger charge is 2.13. The van der Waals surface area contributed by atoms with Crippen LogP contribution in [0.25, 0.3) is 11.3 Å². The second kappa shape index (κ2) is 4.31. The van der Waals surface area contributed by atoms with E-state index in [0.29, 0.717) is 6.42 Å². The fraction of sp³-hybridized carbons (Fsp3) is 0.364. The lowest BCUT2D eigenvalue weighted by atomic mass is 10.0. The Morgan fingerprint density at radius 3 is 3.00 bits per heavy atom. The number of nitrogens with zero attached hydrogens (tertiary/aromatic N) is 1. The lowest BCUT2D eigenvalue weighted by Crippen LogP contribution is -1.95. The van der Waals surface area contributed by atoms with Gasteiger partial charge in [-0.05, 0) is 18.9 Å². The zero-order valence-corrected chi connectivity index (χ0v) is 8.66. The van der Waals surface area contributed by atoms with Gasteiger partial charge in [-0.2, -0.15) is 5.10 Å². The van der Waals surface area contributed by atoms with Crippen molar-refractivity contribution < 1.29 is 9.52 Å². The molecule has 15 heavy (non-hydrogen) atoms. The van der Waals surface area contributed by atoms with E-state index in [9.17, 15) is 0 Å². The number of nitrogens with one attached hydrogen (secondary N) is 1. The smallest absolute Gasteiger partial charge is 0.0997 e. The first kappa shape index (κ1) is 9.98. The van der Waals surface area contributed by atoms with Crippen LogP contribution in [0, 0.1) is 0 Å². The molecule has 0 saturated carbocycles. The maximum atomic E-state index is 9.01. The number of aromatic nitrogens is 2.